The topological polar surface area (TPSA) is 179 Å². The number of ether oxygens (including phenoxy) is 12. The van der Waals surface area contributed by atoms with E-state index in [9.17, 15) is 19.2 Å². The second kappa shape index (κ2) is 45.3. The van der Waals surface area contributed by atoms with Crippen molar-refractivity contribution in [3.63, 3.8) is 0 Å². The molecule has 16 nitrogen and oxygen atoms in total. The zero-order valence-corrected chi connectivity index (χ0v) is 46.0. The van der Waals surface area contributed by atoms with Gasteiger partial charge in [-0.15, -0.1) is 0 Å². The predicted octanol–water partition coefficient (Wildman–Crippen LogP) is 11.2. The summed E-state index contributed by atoms with van der Waals surface area (Å²) in [5, 5.41) is 0. The summed E-state index contributed by atoms with van der Waals surface area (Å²) >= 11 is 0. The Labute approximate surface area is 453 Å². The summed E-state index contributed by atoms with van der Waals surface area (Å²) in [5.41, 5.74) is 0.794. The van der Waals surface area contributed by atoms with Crippen LogP contribution < -0.4 is 18.9 Å². The van der Waals surface area contributed by atoms with Crippen molar-refractivity contribution in [3.8, 4) is 23.0 Å². The average Bonchev–Trinajstić information content (AvgIpc) is 3.42. The largest absolute Gasteiger partial charge is 0.494 e. The second-order valence-electron chi connectivity index (χ2n) is 17.8. The Hall–Kier alpha value is -5.94. The van der Waals surface area contributed by atoms with Gasteiger partial charge in [0.1, 0.15) is 42.8 Å². The highest BCUT2D eigenvalue weighted by Gasteiger charge is 2.18. The fraction of sp³-hybridized carbons (Fsp3) is 0.567. The molecule has 0 bridgehead atoms. The Morgan fingerprint density at radius 1 is 0.382 bits per heavy atom. The molecule has 0 aliphatic heterocycles. The first-order chi connectivity index (χ1) is 37.0. The van der Waals surface area contributed by atoms with Gasteiger partial charge >= 0.3 is 23.9 Å². The minimum Gasteiger partial charge on any atom is -0.494 e. The molecular formula is C60H88O16. The first-order valence-electron chi connectivity index (χ1n) is 27.1. The fourth-order valence-corrected chi connectivity index (χ4v) is 6.67. The van der Waals surface area contributed by atoms with E-state index in [1.807, 2.05) is 98.8 Å². The standard InChI is InChI=1S/C34H48O9.C26H40O7/c1-4-39-30-17-19-31(20-18-30)40-25-24-37-21-12-13-22-38-26-32(27-42-29-14-8-7-9-15-29)43-33(35)16-10-5-6-11-23-41-34(36)28(2)3;1-4-29-17-12-13-18-30-20-24(21-32-23-14-8-7-9-15-23)33-25(27)16-10-5-6-11-19-31-26(28)22(2)3/h7-9,14-15,17-20,32H,2,4-6,10-13,16,21-27H2,1,3H3;7-9,14-15,24H,2,4-6,10-13,16-21H2,1,3H3. The van der Waals surface area contributed by atoms with Gasteiger partial charge in [0, 0.05) is 57.0 Å². The number of para-hydroxylation sites is 2. The number of hydrogen-bond donors (Lipinski definition) is 0. The smallest absolute Gasteiger partial charge is 0.333 e. The molecule has 0 aliphatic carbocycles. The monoisotopic (exact) mass is 1060 g/mol. The van der Waals surface area contributed by atoms with Crippen LogP contribution in [0.3, 0.4) is 0 Å². The quantitative estimate of drug-likeness (QED) is 0.0226. The highest BCUT2D eigenvalue weighted by molar-refractivity contribution is 5.87. The predicted molar refractivity (Wildman–Crippen MR) is 292 cm³/mol. The lowest BCUT2D eigenvalue weighted by Crippen LogP contribution is -2.30. The normalized spacial score (nSPS) is 11.5. The van der Waals surface area contributed by atoms with Gasteiger partial charge in [0.05, 0.1) is 39.6 Å². The van der Waals surface area contributed by atoms with Gasteiger partial charge in [-0.05, 0) is 128 Å². The van der Waals surface area contributed by atoms with Crippen molar-refractivity contribution in [1.29, 1.82) is 0 Å². The molecule has 424 valence electrons. The molecule has 0 aromatic heterocycles. The minimum absolute atomic E-state index is 0.210. The minimum atomic E-state index is -0.509. The van der Waals surface area contributed by atoms with Gasteiger partial charge < -0.3 is 56.8 Å². The number of unbranched alkanes of at least 4 members (excludes halogenated alkanes) is 8. The molecular weight excluding hydrogens is 977 g/mol. The summed E-state index contributed by atoms with van der Waals surface area (Å²) in [6.07, 6.45) is 9.54. The molecule has 0 saturated carbocycles. The number of benzene rings is 3. The van der Waals surface area contributed by atoms with Gasteiger partial charge in [-0.1, -0.05) is 75.2 Å². The van der Waals surface area contributed by atoms with Gasteiger partial charge in [-0.25, -0.2) is 9.59 Å². The molecule has 2 atom stereocenters. The molecule has 0 fully saturated rings. The zero-order chi connectivity index (χ0) is 55.1. The van der Waals surface area contributed by atoms with E-state index in [4.69, 9.17) is 56.8 Å². The Morgan fingerprint density at radius 3 is 1.18 bits per heavy atom. The van der Waals surface area contributed by atoms with E-state index in [2.05, 4.69) is 13.2 Å². The van der Waals surface area contributed by atoms with Crippen molar-refractivity contribution in [3.05, 3.63) is 109 Å². The first kappa shape index (κ1) is 66.2. The molecule has 16 heteroatoms. The van der Waals surface area contributed by atoms with Crippen LogP contribution in [0.4, 0.5) is 0 Å². The Morgan fingerprint density at radius 2 is 0.763 bits per heavy atom. The van der Waals surface area contributed by atoms with Crippen LogP contribution in [0.1, 0.15) is 118 Å². The second-order valence-corrected chi connectivity index (χ2v) is 17.8. The van der Waals surface area contributed by atoms with Gasteiger partial charge in [0.2, 0.25) is 0 Å². The van der Waals surface area contributed by atoms with Crippen LogP contribution in [0.2, 0.25) is 0 Å². The van der Waals surface area contributed by atoms with E-state index < -0.39 is 12.2 Å². The third kappa shape index (κ3) is 36.9. The molecule has 3 aromatic rings. The number of hydrogen-bond acceptors (Lipinski definition) is 16. The number of carbonyl (C=O) groups excluding carboxylic acids is 4. The highest BCUT2D eigenvalue weighted by atomic mass is 16.6. The van der Waals surface area contributed by atoms with Crippen LogP contribution in [0.25, 0.3) is 0 Å². The van der Waals surface area contributed by atoms with Crippen molar-refractivity contribution in [2.75, 3.05) is 92.5 Å². The summed E-state index contributed by atoms with van der Waals surface area (Å²) < 4.78 is 66.6. The van der Waals surface area contributed by atoms with E-state index >= 15 is 0 Å². The van der Waals surface area contributed by atoms with Crippen molar-refractivity contribution >= 4 is 23.9 Å². The Bertz CT molecular complexity index is 1960. The van der Waals surface area contributed by atoms with Crippen LogP contribution in [-0.4, -0.2) is 129 Å². The first-order valence-corrected chi connectivity index (χ1v) is 27.1. The Balaban J connectivity index is 0.000000539. The molecule has 3 rings (SSSR count). The van der Waals surface area contributed by atoms with Gasteiger partial charge in [0.15, 0.2) is 12.2 Å². The molecule has 2 unspecified atom stereocenters. The van der Waals surface area contributed by atoms with Gasteiger partial charge in [-0.3, -0.25) is 9.59 Å². The molecule has 0 radical (unpaired) electrons. The highest BCUT2D eigenvalue weighted by Crippen LogP contribution is 2.18. The molecule has 0 saturated heterocycles. The summed E-state index contributed by atoms with van der Waals surface area (Å²) in [5.74, 6) is 1.77. The third-order valence-corrected chi connectivity index (χ3v) is 10.8. The molecule has 0 aliphatic rings. The third-order valence-electron chi connectivity index (χ3n) is 10.8. The maximum Gasteiger partial charge on any atom is 0.333 e. The van der Waals surface area contributed by atoms with Crippen LogP contribution >= 0.6 is 0 Å². The summed E-state index contributed by atoms with van der Waals surface area (Å²) in [7, 11) is 0. The lowest BCUT2D eigenvalue weighted by molar-refractivity contribution is -0.155. The summed E-state index contributed by atoms with van der Waals surface area (Å²) in [6.45, 7) is 20.8. The number of rotatable bonds is 45. The van der Waals surface area contributed by atoms with Crippen molar-refractivity contribution in [1.82, 2.24) is 0 Å². The van der Waals surface area contributed by atoms with Gasteiger partial charge in [0.25, 0.3) is 0 Å². The summed E-state index contributed by atoms with van der Waals surface area (Å²) in [6, 6.07) is 26.4. The van der Waals surface area contributed by atoms with Crippen LogP contribution in [0.5, 0.6) is 23.0 Å². The van der Waals surface area contributed by atoms with E-state index in [0.29, 0.717) is 95.6 Å². The Kier molecular flexibility index (Phi) is 39.4. The SMILES string of the molecule is C=C(C)C(=O)OCCCCCCC(=O)OC(COCCCCOCC)COc1ccccc1.C=C(C)C(=O)OCCCCCCC(=O)OC(COCCCCOCCOc1ccc(OCC)cc1)COc1ccccc1. The lowest BCUT2D eigenvalue weighted by Gasteiger charge is -2.19. The van der Waals surface area contributed by atoms with Crippen LogP contribution in [-0.2, 0) is 57.1 Å². The van der Waals surface area contributed by atoms with E-state index in [-0.39, 0.29) is 43.7 Å². The van der Waals surface area contributed by atoms with Crippen LogP contribution in [0, 0.1) is 0 Å². The van der Waals surface area contributed by atoms with E-state index in [0.717, 1.165) is 101 Å². The molecule has 0 N–H and O–H groups in total. The van der Waals surface area contributed by atoms with Crippen molar-refractivity contribution in [2.45, 2.75) is 130 Å². The van der Waals surface area contributed by atoms with Crippen LogP contribution in [0.15, 0.2) is 109 Å². The number of carbonyl (C=O) groups is 4. The molecule has 0 amide bonds. The fourth-order valence-electron chi connectivity index (χ4n) is 6.67. The average molecular weight is 1070 g/mol. The zero-order valence-electron chi connectivity index (χ0n) is 46.0. The molecule has 3 aromatic carbocycles. The maximum absolute atomic E-state index is 12.5. The lowest BCUT2D eigenvalue weighted by atomic mass is 10.1. The van der Waals surface area contributed by atoms with E-state index in [1.54, 1.807) is 13.8 Å². The van der Waals surface area contributed by atoms with Crippen molar-refractivity contribution < 1.29 is 76.0 Å². The summed E-state index contributed by atoms with van der Waals surface area (Å²) in [4.78, 5) is 47.5. The molecule has 0 spiro atoms. The van der Waals surface area contributed by atoms with Gasteiger partial charge in [-0.2, -0.15) is 0 Å². The number of esters is 4. The molecule has 0 heterocycles. The maximum atomic E-state index is 12.5. The van der Waals surface area contributed by atoms with E-state index in [1.165, 1.54) is 0 Å². The molecule has 76 heavy (non-hydrogen) atoms. The van der Waals surface area contributed by atoms with Crippen molar-refractivity contribution in [2.24, 2.45) is 0 Å².